The first-order chi connectivity index (χ1) is 11.8. The zero-order valence-electron chi connectivity index (χ0n) is 13.7. The number of hydrogen-bond acceptors (Lipinski definition) is 1. The van der Waals surface area contributed by atoms with Crippen LogP contribution >= 0.6 is 11.3 Å². The Kier molecular flexibility index (Phi) is 3.11. The molecule has 0 aliphatic heterocycles. The third kappa shape index (κ3) is 2.05. The van der Waals surface area contributed by atoms with Crippen molar-refractivity contribution in [3.8, 4) is 0 Å². The molecule has 0 N–H and O–H groups in total. The lowest BCUT2D eigenvalue weighted by molar-refractivity contribution is 0.924. The molecular weight excluding hydrogens is 308 g/mol. The molecule has 1 heteroatoms. The van der Waals surface area contributed by atoms with E-state index in [9.17, 15) is 0 Å². The molecule has 0 radical (unpaired) electrons. The van der Waals surface area contributed by atoms with Crippen LogP contribution in [0.1, 0.15) is 18.9 Å². The standard InChI is InChI=1S/C23H18S/c1-2-5-15-8-10-19-22(12-15)24-21-11-9-18-13-16-6-3-4-7-17(16)14-20(18)23(19)21/h3-4,6-14H,2,5H2,1H3. The second-order valence-corrected chi connectivity index (χ2v) is 7.63. The lowest BCUT2D eigenvalue weighted by atomic mass is 9.99. The minimum Gasteiger partial charge on any atom is -0.135 e. The molecule has 24 heavy (non-hydrogen) atoms. The molecule has 0 fully saturated rings. The zero-order valence-corrected chi connectivity index (χ0v) is 14.5. The summed E-state index contributed by atoms with van der Waals surface area (Å²) >= 11 is 1.92. The van der Waals surface area contributed by atoms with Crippen LogP contribution in [-0.4, -0.2) is 0 Å². The molecule has 0 aliphatic rings. The molecule has 0 aliphatic carbocycles. The van der Waals surface area contributed by atoms with Crippen molar-refractivity contribution < 1.29 is 0 Å². The first-order valence-electron chi connectivity index (χ1n) is 8.60. The summed E-state index contributed by atoms with van der Waals surface area (Å²) in [5.74, 6) is 0. The van der Waals surface area contributed by atoms with Crippen LogP contribution in [0.3, 0.4) is 0 Å². The van der Waals surface area contributed by atoms with Gasteiger partial charge >= 0.3 is 0 Å². The lowest BCUT2D eigenvalue weighted by Gasteiger charge is -2.05. The molecule has 0 saturated carbocycles. The predicted octanol–water partition coefficient (Wildman–Crippen LogP) is 7.31. The molecule has 0 unspecified atom stereocenters. The first kappa shape index (κ1) is 14.0. The fourth-order valence-electron chi connectivity index (χ4n) is 3.78. The molecule has 0 saturated heterocycles. The largest absolute Gasteiger partial charge is 0.135 e. The highest BCUT2D eigenvalue weighted by Gasteiger charge is 2.10. The van der Waals surface area contributed by atoms with Crippen LogP contribution in [-0.2, 0) is 6.42 Å². The summed E-state index contributed by atoms with van der Waals surface area (Å²) in [5, 5.41) is 8.16. The quantitative estimate of drug-likeness (QED) is 0.298. The maximum Gasteiger partial charge on any atom is 0.0361 e. The molecular formula is C23H18S. The van der Waals surface area contributed by atoms with Gasteiger partial charge in [0.1, 0.15) is 0 Å². The fraction of sp³-hybridized carbons (Fsp3) is 0.130. The molecule has 5 aromatic rings. The Labute approximate surface area is 145 Å². The summed E-state index contributed by atoms with van der Waals surface area (Å²) < 4.78 is 2.80. The van der Waals surface area contributed by atoms with Crippen LogP contribution in [0, 0.1) is 0 Å². The van der Waals surface area contributed by atoms with Gasteiger partial charge in [0, 0.05) is 20.2 Å². The van der Waals surface area contributed by atoms with Gasteiger partial charge in [-0.2, -0.15) is 0 Å². The smallest absolute Gasteiger partial charge is 0.0361 e. The van der Waals surface area contributed by atoms with Gasteiger partial charge in [0.2, 0.25) is 0 Å². The Hall–Kier alpha value is -2.38. The van der Waals surface area contributed by atoms with Gasteiger partial charge in [-0.1, -0.05) is 55.8 Å². The normalized spacial score (nSPS) is 11.9. The van der Waals surface area contributed by atoms with Crippen molar-refractivity contribution >= 4 is 53.1 Å². The van der Waals surface area contributed by atoms with E-state index in [0.29, 0.717) is 0 Å². The molecule has 116 valence electrons. The first-order valence-corrected chi connectivity index (χ1v) is 9.42. The highest BCUT2D eigenvalue weighted by atomic mass is 32.1. The zero-order chi connectivity index (χ0) is 16.1. The molecule has 0 bridgehead atoms. The van der Waals surface area contributed by atoms with E-state index < -0.39 is 0 Å². The van der Waals surface area contributed by atoms with E-state index in [2.05, 4.69) is 73.7 Å². The summed E-state index contributed by atoms with van der Waals surface area (Å²) in [6.07, 6.45) is 2.36. The summed E-state index contributed by atoms with van der Waals surface area (Å²) in [5.41, 5.74) is 1.45. The molecule has 1 heterocycles. The molecule has 1 aromatic heterocycles. The van der Waals surface area contributed by atoms with Crippen LogP contribution in [0.4, 0.5) is 0 Å². The van der Waals surface area contributed by atoms with E-state index in [1.807, 2.05) is 11.3 Å². The fourth-order valence-corrected chi connectivity index (χ4v) is 4.96. The third-order valence-corrected chi connectivity index (χ3v) is 6.04. The summed E-state index contributed by atoms with van der Waals surface area (Å²) in [4.78, 5) is 0. The Balaban J connectivity index is 1.91. The maximum absolute atomic E-state index is 2.39. The summed E-state index contributed by atoms with van der Waals surface area (Å²) in [7, 11) is 0. The van der Waals surface area contributed by atoms with Crippen molar-refractivity contribution in [1.29, 1.82) is 0 Å². The van der Waals surface area contributed by atoms with Gasteiger partial charge in [0.05, 0.1) is 0 Å². The lowest BCUT2D eigenvalue weighted by Crippen LogP contribution is -1.81. The van der Waals surface area contributed by atoms with Crippen molar-refractivity contribution in [2.45, 2.75) is 19.8 Å². The highest BCUT2D eigenvalue weighted by molar-refractivity contribution is 7.26. The van der Waals surface area contributed by atoms with Crippen LogP contribution in [0.5, 0.6) is 0 Å². The van der Waals surface area contributed by atoms with Crippen LogP contribution in [0.15, 0.2) is 66.7 Å². The molecule has 0 atom stereocenters. The molecule has 0 nitrogen and oxygen atoms in total. The van der Waals surface area contributed by atoms with Crippen LogP contribution < -0.4 is 0 Å². The number of aryl methyl sites for hydroxylation is 1. The van der Waals surface area contributed by atoms with Gasteiger partial charge in [0.15, 0.2) is 0 Å². The van der Waals surface area contributed by atoms with E-state index >= 15 is 0 Å². The molecule has 5 rings (SSSR count). The third-order valence-electron chi connectivity index (χ3n) is 4.92. The number of benzene rings is 4. The van der Waals surface area contributed by atoms with E-state index in [-0.39, 0.29) is 0 Å². The molecule has 0 amide bonds. The van der Waals surface area contributed by atoms with Gasteiger partial charge in [-0.3, -0.25) is 0 Å². The second-order valence-electron chi connectivity index (χ2n) is 6.54. The van der Waals surface area contributed by atoms with Crippen LogP contribution in [0.2, 0.25) is 0 Å². The minimum absolute atomic E-state index is 1.16. The van der Waals surface area contributed by atoms with Crippen molar-refractivity contribution in [2.75, 3.05) is 0 Å². The number of hydrogen-bond donors (Lipinski definition) is 0. The summed E-state index contributed by atoms with van der Waals surface area (Å²) in [6, 6.07) is 24.9. The van der Waals surface area contributed by atoms with Crippen LogP contribution in [0.25, 0.3) is 41.7 Å². The van der Waals surface area contributed by atoms with Gasteiger partial charge < -0.3 is 0 Å². The predicted molar refractivity (Wildman–Crippen MR) is 108 cm³/mol. The average Bonchev–Trinajstić information content (AvgIpc) is 2.98. The van der Waals surface area contributed by atoms with Gasteiger partial charge in [-0.05, 0) is 57.8 Å². The van der Waals surface area contributed by atoms with E-state index in [1.54, 1.807) is 0 Å². The Morgan fingerprint density at radius 2 is 1.54 bits per heavy atom. The SMILES string of the molecule is CCCc1ccc2c(c1)sc1ccc3cc4ccccc4cc3c12. The van der Waals surface area contributed by atoms with Crippen molar-refractivity contribution in [3.63, 3.8) is 0 Å². The van der Waals surface area contributed by atoms with Crippen molar-refractivity contribution in [2.24, 2.45) is 0 Å². The number of thiophene rings is 1. The summed E-state index contributed by atoms with van der Waals surface area (Å²) in [6.45, 7) is 2.24. The minimum atomic E-state index is 1.16. The van der Waals surface area contributed by atoms with Gasteiger partial charge in [-0.15, -0.1) is 11.3 Å². The second kappa shape index (κ2) is 5.32. The van der Waals surface area contributed by atoms with Crippen molar-refractivity contribution in [1.82, 2.24) is 0 Å². The Morgan fingerprint density at radius 1 is 0.708 bits per heavy atom. The average molecular weight is 326 g/mol. The molecule has 0 spiro atoms. The number of rotatable bonds is 2. The Morgan fingerprint density at radius 3 is 2.38 bits per heavy atom. The van der Waals surface area contributed by atoms with Crippen molar-refractivity contribution in [3.05, 3.63) is 72.3 Å². The van der Waals surface area contributed by atoms with E-state index in [1.165, 1.54) is 53.7 Å². The van der Waals surface area contributed by atoms with E-state index in [0.717, 1.165) is 6.42 Å². The Bertz CT molecular complexity index is 1210. The molecule has 4 aromatic carbocycles. The number of fused-ring (bicyclic) bond motifs is 6. The highest BCUT2D eigenvalue weighted by Crippen LogP contribution is 2.40. The van der Waals surface area contributed by atoms with Gasteiger partial charge in [-0.25, -0.2) is 0 Å². The monoisotopic (exact) mass is 326 g/mol. The van der Waals surface area contributed by atoms with E-state index in [4.69, 9.17) is 0 Å². The topological polar surface area (TPSA) is 0 Å². The van der Waals surface area contributed by atoms with Gasteiger partial charge in [0.25, 0.3) is 0 Å². The maximum atomic E-state index is 2.39.